The Morgan fingerprint density at radius 2 is 0.875 bits per heavy atom. The van der Waals surface area contributed by atoms with Crippen molar-refractivity contribution in [2.24, 2.45) is 0 Å². The van der Waals surface area contributed by atoms with Gasteiger partial charge in [0.05, 0.1) is 33.1 Å². The van der Waals surface area contributed by atoms with Gasteiger partial charge in [0.15, 0.2) is 11.6 Å². The van der Waals surface area contributed by atoms with Gasteiger partial charge in [-0.3, -0.25) is 9.59 Å². The Hall–Kier alpha value is -4.54. The standard InChI is InChI=1S/C30H26O10/c1-29(39)7-11-3-13-23(15(31)5-17(33)25(13)27(37)21(11)19(35)9-29)24-14-4-12-8-30(2,40)10-20(36)22(12)28(38)26(14)18(34)6-16(24)32/h3-6,31-34,37-40H,7-10H2,1-2H3/t29-,30-/m1/s1. The summed E-state index contributed by atoms with van der Waals surface area (Å²) < 4.78 is 0. The molecule has 0 aliphatic heterocycles. The van der Waals surface area contributed by atoms with Crippen LogP contribution in [-0.4, -0.2) is 63.6 Å². The quantitative estimate of drug-likeness (QED) is 0.174. The Balaban J connectivity index is 1.77. The largest absolute Gasteiger partial charge is 0.507 e. The van der Waals surface area contributed by atoms with Crippen LogP contribution < -0.4 is 0 Å². The van der Waals surface area contributed by atoms with Crippen molar-refractivity contribution in [1.82, 2.24) is 0 Å². The van der Waals surface area contributed by atoms with E-state index >= 15 is 0 Å². The molecule has 0 radical (unpaired) electrons. The Morgan fingerprint density at radius 1 is 0.525 bits per heavy atom. The highest BCUT2D eigenvalue weighted by atomic mass is 16.3. The second-order valence-corrected chi connectivity index (χ2v) is 11.5. The van der Waals surface area contributed by atoms with E-state index in [2.05, 4.69) is 0 Å². The first-order chi connectivity index (χ1) is 18.6. The van der Waals surface area contributed by atoms with Crippen LogP contribution in [0.5, 0.6) is 34.5 Å². The van der Waals surface area contributed by atoms with Crippen LogP contribution in [0.4, 0.5) is 0 Å². The van der Waals surface area contributed by atoms with Gasteiger partial charge in [-0.1, -0.05) is 0 Å². The minimum absolute atomic E-state index is 0.0156. The minimum Gasteiger partial charge on any atom is -0.507 e. The lowest BCUT2D eigenvalue weighted by atomic mass is 9.77. The molecule has 2 atom stereocenters. The maximum atomic E-state index is 12.8. The van der Waals surface area contributed by atoms with E-state index in [1.165, 1.54) is 26.0 Å². The van der Waals surface area contributed by atoms with Crippen LogP contribution in [-0.2, 0) is 12.8 Å². The van der Waals surface area contributed by atoms with Crippen LogP contribution in [0.1, 0.15) is 58.5 Å². The number of fused-ring (bicyclic) bond motifs is 4. The second kappa shape index (κ2) is 8.00. The Kier molecular flexibility index (Phi) is 5.14. The molecule has 206 valence electrons. The fourth-order valence-electron chi connectivity index (χ4n) is 6.42. The maximum absolute atomic E-state index is 12.8. The molecule has 4 aromatic rings. The summed E-state index contributed by atoms with van der Waals surface area (Å²) in [6.45, 7) is 2.94. The molecule has 0 fully saturated rings. The monoisotopic (exact) mass is 546 g/mol. The van der Waals surface area contributed by atoms with Gasteiger partial charge in [-0.2, -0.15) is 0 Å². The van der Waals surface area contributed by atoms with E-state index in [4.69, 9.17) is 0 Å². The van der Waals surface area contributed by atoms with Crippen molar-refractivity contribution in [3.05, 3.63) is 46.5 Å². The van der Waals surface area contributed by atoms with E-state index < -0.39 is 57.3 Å². The first kappa shape index (κ1) is 25.7. The van der Waals surface area contributed by atoms with E-state index in [0.717, 1.165) is 12.1 Å². The van der Waals surface area contributed by atoms with Crippen LogP contribution >= 0.6 is 0 Å². The predicted molar refractivity (Wildman–Crippen MR) is 143 cm³/mol. The number of ketones is 2. The van der Waals surface area contributed by atoms with Gasteiger partial charge in [0, 0.05) is 59.7 Å². The Labute approximate surface area is 226 Å². The average Bonchev–Trinajstić information content (AvgIpc) is 2.77. The number of rotatable bonds is 1. The number of carbonyl (C=O) groups is 2. The molecule has 4 aromatic carbocycles. The average molecular weight is 547 g/mol. The molecule has 10 heteroatoms. The van der Waals surface area contributed by atoms with Crippen LogP contribution in [0, 0.1) is 0 Å². The van der Waals surface area contributed by atoms with Crippen molar-refractivity contribution < 1.29 is 50.4 Å². The van der Waals surface area contributed by atoms with Crippen molar-refractivity contribution in [2.45, 2.75) is 50.7 Å². The molecule has 0 heterocycles. The number of phenols is 6. The predicted octanol–water partition coefficient (Wildman–Crippen LogP) is 3.65. The summed E-state index contributed by atoms with van der Waals surface area (Å²) >= 11 is 0. The normalized spacial score (nSPS) is 22.5. The minimum atomic E-state index is -1.41. The van der Waals surface area contributed by atoms with Gasteiger partial charge in [-0.05, 0) is 37.1 Å². The number of phenolic OH excluding ortho intramolecular Hbond substituents is 6. The zero-order chi connectivity index (χ0) is 29.0. The fraction of sp³-hybridized carbons (Fsp3) is 0.267. The van der Waals surface area contributed by atoms with Gasteiger partial charge in [-0.15, -0.1) is 0 Å². The highest BCUT2D eigenvalue weighted by Gasteiger charge is 2.38. The molecule has 8 N–H and O–H groups in total. The van der Waals surface area contributed by atoms with Gasteiger partial charge in [0.2, 0.25) is 0 Å². The number of Topliss-reactive ketones (excluding diaryl/α,β-unsaturated/α-hetero) is 2. The van der Waals surface area contributed by atoms with E-state index in [1.807, 2.05) is 0 Å². The first-order valence-electron chi connectivity index (χ1n) is 12.6. The lowest BCUT2D eigenvalue weighted by Gasteiger charge is -2.31. The summed E-state index contributed by atoms with van der Waals surface area (Å²) in [5.74, 6) is -4.37. The molecule has 6 rings (SSSR count). The van der Waals surface area contributed by atoms with Crippen molar-refractivity contribution >= 4 is 33.1 Å². The first-order valence-corrected chi connectivity index (χ1v) is 12.6. The van der Waals surface area contributed by atoms with E-state index in [9.17, 15) is 50.4 Å². The van der Waals surface area contributed by atoms with Gasteiger partial charge in [-0.25, -0.2) is 0 Å². The van der Waals surface area contributed by atoms with E-state index in [0.29, 0.717) is 0 Å². The summed E-state index contributed by atoms with van der Waals surface area (Å²) in [6, 6.07) is 4.71. The third-order valence-electron chi connectivity index (χ3n) is 7.91. The van der Waals surface area contributed by atoms with Crippen molar-refractivity contribution in [3.8, 4) is 45.6 Å². The maximum Gasteiger partial charge on any atom is 0.169 e. The highest BCUT2D eigenvalue weighted by molar-refractivity contribution is 6.19. The highest BCUT2D eigenvalue weighted by Crippen LogP contribution is 2.54. The van der Waals surface area contributed by atoms with Crippen molar-refractivity contribution in [2.75, 3.05) is 0 Å². The van der Waals surface area contributed by atoms with Gasteiger partial charge >= 0.3 is 0 Å². The summed E-state index contributed by atoms with van der Waals surface area (Å²) in [6.07, 6.45) is -0.551. The Bertz CT molecular complexity index is 1710. The molecule has 0 unspecified atom stereocenters. The number of hydrogen-bond donors (Lipinski definition) is 8. The molecule has 0 aromatic heterocycles. The second-order valence-electron chi connectivity index (χ2n) is 11.5. The SMILES string of the molecule is C[C@]1(O)CC(=O)c2c(cc3c(-c4c(O)cc(O)c5c(O)c6c(cc45)C[C@@](C)(O)CC6=O)c(O)cc(O)c3c2O)C1. The van der Waals surface area contributed by atoms with Gasteiger partial charge < -0.3 is 40.9 Å². The smallest absolute Gasteiger partial charge is 0.169 e. The zero-order valence-corrected chi connectivity index (χ0v) is 21.5. The van der Waals surface area contributed by atoms with E-state index in [1.54, 1.807) is 0 Å². The van der Waals surface area contributed by atoms with Crippen LogP contribution in [0.15, 0.2) is 24.3 Å². The van der Waals surface area contributed by atoms with Crippen molar-refractivity contribution in [3.63, 3.8) is 0 Å². The molecule has 0 spiro atoms. The topological polar surface area (TPSA) is 196 Å². The molecule has 10 nitrogen and oxygen atoms in total. The summed E-state index contributed by atoms with van der Waals surface area (Å²) in [5, 5.41) is 86.8. The van der Waals surface area contributed by atoms with Crippen molar-refractivity contribution in [1.29, 1.82) is 0 Å². The van der Waals surface area contributed by atoms with Crippen LogP contribution in [0.25, 0.3) is 32.7 Å². The van der Waals surface area contributed by atoms with Gasteiger partial charge in [0.1, 0.15) is 34.5 Å². The third-order valence-corrected chi connectivity index (χ3v) is 7.91. The van der Waals surface area contributed by atoms with Crippen LogP contribution in [0.3, 0.4) is 0 Å². The molecular weight excluding hydrogens is 520 g/mol. The molecule has 0 saturated heterocycles. The Morgan fingerprint density at radius 3 is 1.23 bits per heavy atom. The number of aromatic hydroxyl groups is 6. The summed E-state index contributed by atoms with van der Waals surface area (Å²) in [5.41, 5.74) is -2.69. The fourth-order valence-corrected chi connectivity index (χ4v) is 6.42. The zero-order valence-electron chi connectivity index (χ0n) is 21.5. The molecule has 40 heavy (non-hydrogen) atoms. The number of carbonyl (C=O) groups excluding carboxylic acids is 2. The lowest BCUT2D eigenvalue weighted by Crippen LogP contribution is -2.35. The molecule has 2 aliphatic carbocycles. The number of benzene rings is 4. The molecule has 0 amide bonds. The molecule has 0 bridgehead atoms. The molecule has 0 saturated carbocycles. The van der Waals surface area contributed by atoms with Crippen LogP contribution in [0.2, 0.25) is 0 Å². The third kappa shape index (κ3) is 3.56. The molecule has 2 aliphatic rings. The number of hydrogen-bond acceptors (Lipinski definition) is 10. The van der Waals surface area contributed by atoms with E-state index in [-0.39, 0.29) is 80.6 Å². The summed E-state index contributed by atoms with van der Waals surface area (Å²) in [7, 11) is 0. The number of aliphatic hydroxyl groups is 2. The molecular formula is C30H26O10. The van der Waals surface area contributed by atoms with Gasteiger partial charge in [0.25, 0.3) is 0 Å². The summed E-state index contributed by atoms with van der Waals surface area (Å²) in [4.78, 5) is 25.6. The lowest BCUT2D eigenvalue weighted by molar-refractivity contribution is 0.0396.